The minimum absolute atomic E-state index is 0.0767. The molecule has 3 aromatic carbocycles. The van der Waals surface area contributed by atoms with Crippen LogP contribution in [0.3, 0.4) is 0 Å². The minimum atomic E-state index is -0.825. The van der Waals surface area contributed by atoms with Gasteiger partial charge < -0.3 is 25.3 Å². The van der Waals surface area contributed by atoms with E-state index in [1.165, 1.54) is 0 Å². The molecule has 2 heterocycles. The number of carbonyl (C=O) groups is 3. The summed E-state index contributed by atoms with van der Waals surface area (Å²) in [5.74, 6) is -0.389. The Kier molecular flexibility index (Phi) is 7.99. The van der Waals surface area contributed by atoms with Crippen molar-refractivity contribution in [2.75, 3.05) is 48.1 Å². The summed E-state index contributed by atoms with van der Waals surface area (Å²) in [6, 6.07) is 24.2. The summed E-state index contributed by atoms with van der Waals surface area (Å²) >= 11 is 7.69. The molecule has 2 fully saturated rings. The van der Waals surface area contributed by atoms with Gasteiger partial charge in [0.05, 0.1) is 6.67 Å². The minimum Gasteiger partial charge on any atom is -0.339 e. The predicted molar refractivity (Wildman–Crippen MR) is 156 cm³/mol. The van der Waals surface area contributed by atoms with Gasteiger partial charge >= 0.3 is 6.03 Å². The lowest BCUT2D eigenvalue weighted by atomic mass is 9.85. The zero-order valence-corrected chi connectivity index (χ0v) is 23.2. The molecule has 10 heteroatoms. The molecule has 0 unspecified atom stereocenters. The monoisotopic (exact) mass is 563 g/mol. The number of amides is 4. The fraction of sp³-hybridized carbons (Fsp3) is 0.276. The summed E-state index contributed by atoms with van der Waals surface area (Å²) in [7, 11) is 0. The Bertz CT molecular complexity index is 1350. The van der Waals surface area contributed by atoms with E-state index < -0.39 is 5.54 Å². The number of para-hydroxylation sites is 1. The van der Waals surface area contributed by atoms with E-state index in [-0.39, 0.29) is 24.4 Å². The number of halogens is 1. The number of nitrogens with zero attached hydrogens (tertiary/aromatic N) is 3. The number of hydrogen-bond acceptors (Lipinski definition) is 5. The molecule has 2 aliphatic heterocycles. The molecule has 0 radical (unpaired) electrons. The number of anilines is 3. The second-order valence-electron chi connectivity index (χ2n) is 9.64. The van der Waals surface area contributed by atoms with Crippen LogP contribution < -0.4 is 15.5 Å². The van der Waals surface area contributed by atoms with Crippen LogP contribution in [0.1, 0.15) is 12.8 Å². The van der Waals surface area contributed by atoms with Gasteiger partial charge in [-0.2, -0.15) is 0 Å². The number of urea groups is 1. The molecule has 0 atom stereocenters. The Labute approximate surface area is 237 Å². The van der Waals surface area contributed by atoms with Crippen molar-refractivity contribution in [3.63, 3.8) is 0 Å². The van der Waals surface area contributed by atoms with Gasteiger partial charge in [-0.05, 0) is 73.7 Å². The van der Waals surface area contributed by atoms with Gasteiger partial charge in [-0.3, -0.25) is 9.59 Å². The standard InChI is InChI=1S/C29H30ClN5O3S/c1-39-25-12-10-22(11-13-25)32-28(38)33-16-14-29(15-17-33)27(37)34(20-35(29)24-8-3-2-4-9-24)19-26(36)31-23-7-5-6-21(30)18-23/h2-13,18H,14-17,19-20H2,1H3,(H,31,36)(H,32,38). The first-order chi connectivity index (χ1) is 18.9. The average Bonchev–Trinajstić information content (AvgIpc) is 3.20. The quantitative estimate of drug-likeness (QED) is 0.394. The molecule has 2 saturated heterocycles. The summed E-state index contributed by atoms with van der Waals surface area (Å²) in [6.07, 6.45) is 2.94. The second kappa shape index (κ2) is 11.6. The largest absolute Gasteiger partial charge is 0.339 e. The van der Waals surface area contributed by atoms with Gasteiger partial charge in [0, 0.05) is 40.1 Å². The van der Waals surface area contributed by atoms with E-state index in [9.17, 15) is 14.4 Å². The number of carbonyl (C=O) groups excluding carboxylic acids is 3. The van der Waals surface area contributed by atoms with Crippen LogP contribution >= 0.6 is 23.4 Å². The van der Waals surface area contributed by atoms with Crippen molar-refractivity contribution in [1.82, 2.24) is 9.80 Å². The smallest absolute Gasteiger partial charge is 0.321 e. The molecule has 1 spiro atoms. The van der Waals surface area contributed by atoms with Gasteiger partial charge in [0.1, 0.15) is 12.1 Å². The maximum atomic E-state index is 13.9. The molecular formula is C29H30ClN5O3S. The lowest BCUT2D eigenvalue weighted by molar-refractivity contribution is -0.136. The van der Waals surface area contributed by atoms with Crippen LogP contribution in [0.15, 0.2) is 83.8 Å². The van der Waals surface area contributed by atoms with Crippen LogP contribution in [0.2, 0.25) is 5.02 Å². The lowest BCUT2D eigenvalue weighted by Gasteiger charge is -2.43. The Balaban J connectivity index is 1.29. The average molecular weight is 564 g/mol. The maximum absolute atomic E-state index is 13.9. The number of likely N-dealkylation sites (tertiary alicyclic amines) is 1. The second-order valence-corrected chi connectivity index (χ2v) is 11.0. The van der Waals surface area contributed by atoms with Crippen LogP contribution in [0, 0.1) is 0 Å². The zero-order chi connectivity index (χ0) is 27.4. The lowest BCUT2D eigenvalue weighted by Crippen LogP contribution is -2.58. The molecule has 3 aromatic rings. The fourth-order valence-electron chi connectivity index (χ4n) is 5.22. The third-order valence-corrected chi connectivity index (χ3v) is 8.22. The number of hydrogen-bond donors (Lipinski definition) is 2. The number of thioether (sulfide) groups is 1. The van der Waals surface area contributed by atoms with Gasteiger partial charge in [-0.15, -0.1) is 11.8 Å². The molecule has 5 rings (SSSR count). The molecular weight excluding hydrogens is 534 g/mol. The van der Waals surface area contributed by atoms with Crippen molar-refractivity contribution < 1.29 is 14.4 Å². The van der Waals surface area contributed by atoms with E-state index >= 15 is 0 Å². The number of rotatable bonds is 6. The van der Waals surface area contributed by atoms with Crippen molar-refractivity contribution in [3.8, 4) is 0 Å². The molecule has 8 nitrogen and oxygen atoms in total. The van der Waals surface area contributed by atoms with Crippen LogP contribution in [0.25, 0.3) is 0 Å². The van der Waals surface area contributed by atoms with Crippen LogP contribution in [0.4, 0.5) is 21.9 Å². The van der Waals surface area contributed by atoms with Crippen LogP contribution in [-0.2, 0) is 9.59 Å². The first-order valence-corrected chi connectivity index (χ1v) is 14.4. The predicted octanol–water partition coefficient (Wildman–Crippen LogP) is 5.37. The Morgan fingerprint density at radius 3 is 2.31 bits per heavy atom. The van der Waals surface area contributed by atoms with Gasteiger partial charge in [0.25, 0.3) is 5.91 Å². The number of nitrogens with one attached hydrogen (secondary N) is 2. The van der Waals surface area contributed by atoms with E-state index in [0.717, 1.165) is 16.3 Å². The van der Waals surface area contributed by atoms with Crippen LogP contribution in [-0.4, -0.2) is 65.7 Å². The van der Waals surface area contributed by atoms with E-state index in [1.807, 2.05) is 60.9 Å². The first kappa shape index (κ1) is 26.9. The first-order valence-electron chi connectivity index (χ1n) is 12.8. The van der Waals surface area contributed by atoms with E-state index in [2.05, 4.69) is 15.5 Å². The van der Waals surface area contributed by atoms with Crippen molar-refractivity contribution in [2.24, 2.45) is 0 Å². The molecule has 39 heavy (non-hydrogen) atoms. The Hall–Kier alpha value is -3.69. The maximum Gasteiger partial charge on any atom is 0.321 e. The molecule has 2 aliphatic rings. The third-order valence-electron chi connectivity index (χ3n) is 7.24. The number of benzene rings is 3. The van der Waals surface area contributed by atoms with Crippen molar-refractivity contribution >= 4 is 58.3 Å². The number of piperidine rings is 1. The molecule has 0 aliphatic carbocycles. The summed E-state index contributed by atoms with van der Waals surface area (Å²) in [5.41, 5.74) is 1.40. The molecule has 0 saturated carbocycles. The molecule has 202 valence electrons. The molecule has 0 aromatic heterocycles. The Morgan fingerprint density at radius 2 is 1.64 bits per heavy atom. The molecule has 4 amide bonds. The summed E-state index contributed by atoms with van der Waals surface area (Å²) < 4.78 is 0. The highest BCUT2D eigenvalue weighted by Crippen LogP contribution is 2.39. The summed E-state index contributed by atoms with van der Waals surface area (Å²) in [5, 5.41) is 6.32. The zero-order valence-electron chi connectivity index (χ0n) is 21.6. The van der Waals surface area contributed by atoms with Gasteiger partial charge in [0.15, 0.2) is 0 Å². The van der Waals surface area contributed by atoms with Crippen molar-refractivity contribution in [2.45, 2.75) is 23.3 Å². The molecule has 0 bridgehead atoms. The highest BCUT2D eigenvalue weighted by Gasteiger charge is 2.54. The normalized spacial score (nSPS) is 16.5. The highest BCUT2D eigenvalue weighted by molar-refractivity contribution is 7.98. The van der Waals surface area contributed by atoms with Crippen molar-refractivity contribution in [1.29, 1.82) is 0 Å². The highest BCUT2D eigenvalue weighted by atomic mass is 35.5. The molecule has 2 N–H and O–H groups in total. The van der Waals surface area contributed by atoms with E-state index in [0.29, 0.717) is 43.3 Å². The fourth-order valence-corrected chi connectivity index (χ4v) is 5.82. The van der Waals surface area contributed by atoms with E-state index in [1.54, 1.807) is 45.8 Å². The van der Waals surface area contributed by atoms with E-state index in [4.69, 9.17) is 11.6 Å². The van der Waals surface area contributed by atoms with Gasteiger partial charge in [0.2, 0.25) is 5.91 Å². The summed E-state index contributed by atoms with van der Waals surface area (Å²) in [4.78, 5) is 46.3. The van der Waals surface area contributed by atoms with Gasteiger partial charge in [-0.25, -0.2) is 4.79 Å². The van der Waals surface area contributed by atoms with Gasteiger partial charge in [-0.1, -0.05) is 35.9 Å². The summed E-state index contributed by atoms with van der Waals surface area (Å²) in [6.45, 7) is 1.06. The van der Waals surface area contributed by atoms with Crippen molar-refractivity contribution in [3.05, 3.63) is 83.9 Å². The van der Waals surface area contributed by atoms with Crippen LogP contribution in [0.5, 0.6) is 0 Å². The third kappa shape index (κ3) is 5.84. The topological polar surface area (TPSA) is 85.0 Å². The Morgan fingerprint density at radius 1 is 0.923 bits per heavy atom. The SMILES string of the molecule is CSc1ccc(NC(=O)N2CCC3(CC2)C(=O)N(CC(=O)Nc2cccc(Cl)c2)CN3c2ccccc2)cc1.